The van der Waals surface area contributed by atoms with Crippen LogP contribution in [0.3, 0.4) is 0 Å². The molecule has 0 saturated carbocycles. The van der Waals surface area contributed by atoms with E-state index in [1.54, 1.807) is 0 Å². The van der Waals surface area contributed by atoms with Gasteiger partial charge in [-0.15, -0.1) is 0 Å². The molecule has 0 aliphatic heterocycles. The second kappa shape index (κ2) is 8.07. The van der Waals surface area contributed by atoms with Gasteiger partial charge in [0.2, 0.25) is 5.13 Å². The number of aromatic carboxylic acids is 1. The van der Waals surface area contributed by atoms with E-state index in [0.717, 1.165) is 6.33 Å². The van der Waals surface area contributed by atoms with Crippen LogP contribution in [0.5, 0.6) is 11.5 Å². The molecule has 15 heteroatoms. The van der Waals surface area contributed by atoms with Crippen molar-refractivity contribution in [1.82, 2.24) is 9.36 Å². The molecule has 0 radical (unpaired) electrons. The highest BCUT2D eigenvalue weighted by Gasteiger charge is 2.32. The Labute approximate surface area is 174 Å². The van der Waals surface area contributed by atoms with Crippen molar-refractivity contribution in [2.45, 2.75) is 11.1 Å². The lowest BCUT2D eigenvalue weighted by molar-refractivity contribution is -0.137. The number of nitrogens with one attached hydrogen (secondary N) is 1. The van der Waals surface area contributed by atoms with Gasteiger partial charge in [-0.05, 0) is 18.2 Å². The molecule has 8 nitrogen and oxygen atoms in total. The molecular weight excluding hydrogens is 473 g/mol. The number of alkyl halides is 3. The van der Waals surface area contributed by atoms with Gasteiger partial charge >= 0.3 is 12.1 Å². The summed E-state index contributed by atoms with van der Waals surface area (Å²) in [7, 11) is -4.61. The van der Waals surface area contributed by atoms with Gasteiger partial charge in [-0.2, -0.15) is 17.5 Å². The van der Waals surface area contributed by atoms with Crippen molar-refractivity contribution in [2.75, 3.05) is 4.72 Å². The van der Waals surface area contributed by atoms with Gasteiger partial charge in [-0.3, -0.25) is 4.72 Å². The minimum absolute atomic E-state index is 0.217. The SMILES string of the molecule is O=C(O)c1cc(Oc2cc(F)c(S(=O)(=O)Nc3ncns3)cc2F)cc(C(F)(F)F)c1. The zero-order valence-electron chi connectivity index (χ0n) is 14.6. The number of hydrogen-bond acceptors (Lipinski definition) is 7. The van der Waals surface area contributed by atoms with Crippen LogP contribution in [-0.4, -0.2) is 28.9 Å². The van der Waals surface area contributed by atoms with Crippen LogP contribution < -0.4 is 9.46 Å². The summed E-state index contributed by atoms with van der Waals surface area (Å²) < 4.78 is 102. The second-order valence-electron chi connectivity index (χ2n) is 5.72. The summed E-state index contributed by atoms with van der Waals surface area (Å²) in [5, 5.41) is 8.74. The topological polar surface area (TPSA) is 118 Å². The number of ether oxygens (including phenoxy) is 1. The highest BCUT2D eigenvalue weighted by molar-refractivity contribution is 7.93. The maximum atomic E-state index is 14.4. The molecule has 0 atom stereocenters. The highest BCUT2D eigenvalue weighted by atomic mass is 32.2. The molecule has 1 heterocycles. The summed E-state index contributed by atoms with van der Waals surface area (Å²) in [6, 6.07) is 1.92. The standard InChI is InChI=1S/C16H8F5N3O5S2/c17-10-5-13(31(27,28)24-15-22-6-23-30-15)11(18)4-12(10)29-9-2-7(14(25)26)1-8(3-9)16(19,20)21/h1-6H,(H,25,26)(H,22,23,24). The molecule has 2 aromatic carbocycles. The first-order valence-corrected chi connectivity index (χ1v) is 10.0. The molecule has 0 unspecified atom stereocenters. The van der Waals surface area contributed by atoms with Crippen molar-refractivity contribution >= 4 is 32.7 Å². The molecule has 0 amide bonds. The number of anilines is 1. The number of sulfonamides is 1. The molecule has 31 heavy (non-hydrogen) atoms. The number of carboxylic acids is 1. The summed E-state index contributed by atoms with van der Waals surface area (Å²) in [5.74, 6) is -6.37. The lowest BCUT2D eigenvalue weighted by Crippen LogP contribution is -2.15. The maximum absolute atomic E-state index is 14.4. The van der Waals surface area contributed by atoms with Crippen LogP contribution in [0.15, 0.2) is 41.6 Å². The fourth-order valence-corrected chi connectivity index (χ4v) is 3.99. The first kappa shape index (κ1) is 22.4. The fourth-order valence-electron chi connectivity index (χ4n) is 2.25. The van der Waals surface area contributed by atoms with E-state index in [2.05, 4.69) is 9.36 Å². The van der Waals surface area contributed by atoms with Crippen molar-refractivity contribution in [3.8, 4) is 11.5 Å². The number of nitrogens with zero attached hydrogens (tertiary/aromatic N) is 2. The predicted octanol–water partition coefficient (Wildman–Crippen LogP) is 4.13. The number of halogens is 5. The summed E-state index contributed by atoms with van der Waals surface area (Å²) in [5.41, 5.74) is -2.21. The minimum Gasteiger partial charge on any atom is -0.478 e. The number of carboxylic acid groups (broad SMARTS) is 1. The molecule has 3 aromatic rings. The number of rotatable bonds is 6. The maximum Gasteiger partial charge on any atom is 0.416 e. The average Bonchev–Trinajstić information content (AvgIpc) is 3.15. The van der Waals surface area contributed by atoms with Crippen LogP contribution in [0.4, 0.5) is 27.1 Å². The molecule has 3 rings (SSSR count). The van der Waals surface area contributed by atoms with Gasteiger partial charge in [0.05, 0.1) is 11.1 Å². The molecule has 0 aliphatic rings. The zero-order chi connectivity index (χ0) is 23.0. The first-order valence-electron chi connectivity index (χ1n) is 7.79. The Morgan fingerprint density at radius 1 is 1.10 bits per heavy atom. The molecule has 0 bridgehead atoms. The number of hydrogen-bond donors (Lipinski definition) is 2. The van der Waals surface area contributed by atoms with Crippen molar-refractivity contribution in [3.05, 3.63) is 59.4 Å². The average molecular weight is 481 g/mol. The van der Waals surface area contributed by atoms with E-state index in [-0.39, 0.29) is 11.2 Å². The van der Waals surface area contributed by atoms with Crippen LogP contribution >= 0.6 is 11.5 Å². The third-order valence-corrected chi connectivity index (χ3v) is 5.63. The third kappa shape index (κ3) is 5.05. The van der Waals surface area contributed by atoms with E-state index in [4.69, 9.17) is 9.84 Å². The first-order chi connectivity index (χ1) is 14.4. The quantitative estimate of drug-likeness (QED) is 0.509. The van der Waals surface area contributed by atoms with Gasteiger partial charge < -0.3 is 9.84 Å². The van der Waals surface area contributed by atoms with E-state index in [1.807, 2.05) is 4.72 Å². The third-order valence-electron chi connectivity index (χ3n) is 3.57. The van der Waals surface area contributed by atoms with Gasteiger partial charge in [0, 0.05) is 23.7 Å². The summed E-state index contributed by atoms with van der Waals surface area (Å²) >= 11 is 0.634. The lowest BCUT2D eigenvalue weighted by atomic mass is 10.1. The van der Waals surface area contributed by atoms with E-state index < -0.39 is 61.3 Å². The Hall–Kier alpha value is -3.33. The predicted molar refractivity (Wildman–Crippen MR) is 95.6 cm³/mol. The molecule has 0 fully saturated rings. The Morgan fingerprint density at radius 2 is 1.81 bits per heavy atom. The molecule has 164 valence electrons. The Balaban J connectivity index is 1.98. The number of benzene rings is 2. The molecule has 0 aliphatic carbocycles. The molecule has 0 saturated heterocycles. The molecule has 0 spiro atoms. The normalized spacial score (nSPS) is 11.9. The van der Waals surface area contributed by atoms with Gasteiger partial charge in [0.15, 0.2) is 11.6 Å². The Kier molecular flexibility index (Phi) is 5.82. The van der Waals surface area contributed by atoms with Crippen LogP contribution in [0.25, 0.3) is 0 Å². The highest BCUT2D eigenvalue weighted by Crippen LogP contribution is 2.35. The van der Waals surface area contributed by atoms with Gasteiger partial charge in [-0.1, -0.05) is 0 Å². The van der Waals surface area contributed by atoms with Gasteiger partial charge in [0.25, 0.3) is 10.0 Å². The molecule has 1 aromatic heterocycles. The van der Waals surface area contributed by atoms with Crippen molar-refractivity contribution < 1.29 is 45.0 Å². The largest absolute Gasteiger partial charge is 0.478 e. The smallest absolute Gasteiger partial charge is 0.416 e. The number of carbonyl (C=O) groups is 1. The van der Waals surface area contributed by atoms with Gasteiger partial charge in [0.1, 0.15) is 22.8 Å². The van der Waals surface area contributed by atoms with E-state index in [0.29, 0.717) is 35.8 Å². The van der Waals surface area contributed by atoms with Crippen LogP contribution in [0.2, 0.25) is 0 Å². The minimum atomic E-state index is -4.94. The fraction of sp³-hybridized carbons (Fsp3) is 0.0625. The Morgan fingerprint density at radius 3 is 2.39 bits per heavy atom. The van der Waals surface area contributed by atoms with Gasteiger partial charge in [-0.25, -0.2) is 27.0 Å². The van der Waals surface area contributed by atoms with Crippen molar-refractivity contribution in [1.29, 1.82) is 0 Å². The van der Waals surface area contributed by atoms with Crippen molar-refractivity contribution in [3.63, 3.8) is 0 Å². The molecular formula is C16H8F5N3O5S2. The van der Waals surface area contributed by atoms with Crippen LogP contribution in [0, 0.1) is 11.6 Å². The zero-order valence-corrected chi connectivity index (χ0v) is 16.3. The van der Waals surface area contributed by atoms with E-state index in [9.17, 15) is 35.2 Å². The van der Waals surface area contributed by atoms with Crippen molar-refractivity contribution in [2.24, 2.45) is 0 Å². The number of aromatic nitrogens is 2. The monoisotopic (exact) mass is 481 g/mol. The Bertz CT molecular complexity index is 1250. The van der Waals surface area contributed by atoms with Crippen LogP contribution in [-0.2, 0) is 16.2 Å². The van der Waals surface area contributed by atoms with Crippen LogP contribution in [0.1, 0.15) is 15.9 Å². The summed E-state index contributed by atoms with van der Waals surface area (Å²) in [6.07, 6.45) is -3.92. The second-order valence-corrected chi connectivity index (χ2v) is 8.15. The lowest BCUT2D eigenvalue weighted by Gasteiger charge is -2.13. The van der Waals surface area contributed by atoms with E-state index in [1.165, 1.54) is 0 Å². The molecule has 2 N–H and O–H groups in total. The summed E-state index contributed by atoms with van der Waals surface area (Å²) in [4.78, 5) is 13.5. The van der Waals surface area contributed by atoms with E-state index >= 15 is 0 Å². The summed E-state index contributed by atoms with van der Waals surface area (Å²) in [6.45, 7) is 0.